The zero-order valence-electron chi connectivity index (χ0n) is 18.6. The summed E-state index contributed by atoms with van der Waals surface area (Å²) in [6.45, 7) is 4.60. The van der Waals surface area contributed by atoms with Crippen LogP contribution in [-0.4, -0.2) is 55.6 Å². The van der Waals surface area contributed by atoms with Gasteiger partial charge in [-0.15, -0.1) is 0 Å². The molecular formula is C21H38N4O4S. The van der Waals surface area contributed by atoms with Gasteiger partial charge in [0.15, 0.2) is 0 Å². The first-order valence-electron chi connectivity index (χ1n) is 11.5. The molecule has 8 atom stereocenters. The molecular weight excluding hydrogens is 404 g/mol. The van der Waals surface area contributed by atoms with Crippen LogP contribution in [0.1, 0.15) is 78.1 Å². The van der Waals surface area contributed by atoms with Crippen LogP contribution in [-0.2, 0) is 14.9 Å². The molecule has 3 aliphatic carbocycles. The summed E-state index contributed by atoms with van der Waals surface area (Å²) in [7, 11) is -2.27. The third-order valence-corrected chi connectivity index (χ3v) is 8.47. The molecule has 0 saturated heterocycles. The van der Waals surface area contributed by atoms with Crippen LogP contribution in [0.2, 0.25) is 0 Å². The van der Waals surface area contributed by atoms with E-state index in [2.05, 4.69) is 29.2 Å². The zero-order valence-corrected chi connectivity index (χ0v) is 19.4. The number of ether oxygens (including phenoxy) is 1. The molecule has 3 saturated carbocycles. The van der Waals surface area contributed by atoms with Crippen molar-refractivity contribution in [2.24, 2.45) is 32.3 Å². The number of methoxy groups -OCH3 is 1. The molecule has 3 aliphatic rings. The molecule has 172 valence electrons. The van der Waals surface area contributed by atoms with Crippen molar-refractivity contribution in [1.29, 1.82) is 0 Å². The predicted octanol–water partition coefficient (Wildman–Crippen LogP) is 4.85. The molecule has 1 N–H and O–H groups in total. The van der Waals surface area contributed by atoms with Crippen molar-refractivity contribution in [3.05, 3.63) is 0 Å². The van der Waals surface area contributed by atoms with Gasteiger partial charge in [0.2, 0.25) is 0 Å². The summed E-state index contributed by atoms with van der Waals surface area (Å²) < 4.78 is 37.8. The van der Waals surface area contributed by atoms with Crippen LogP contribution >= 0.6 is 0 Å². The van der Waals surface area contributed by atoms with Gasteiger partial charge in [0.1, 0.15) is 0 Å². The Labute approximate surface area is 181 Å². The fraction of sp³-hybridized carbons (Fsp3) is 1.00. The lowest BCUT2D eigenvalue weighted by Gasteiger charge is -2.32. The summed E-state index contributed by atoms with van der Waals surface area (Å²) in [6.07, 6.45) is 8.53. The first-order valence-corrected chi connectivity index (χ1v) is 13.1. The van der Waals surface area contributed by atoms with Gasteiger partial charge in [0.25, 0.3) is 10.1 Å². The average Bonchev–Trinajstić information content (AvgIpc) is 2.71. The van der Waals surface area contributed by atoms with E-state index in [9.17, 15) is 13.0 Å². The SMILES string of the molecule is COC1CC(N=NC2CCCC(S(=O)(=O)O)C2)CCC1N=NC1CCC(C)CC1C. The van der Waals surface area contributed by atoms with Crippen LogP contribution in [0.25, 0.3) is 0 Å². The minimum Gasteiger partial charge on any atom is -0.379 e. The Balaban J connectivity index is 1.51. The van der Waals surface area contributed by atoms with Gasteiger partial charge >= 0.3 is 0 Å². The highest BCUT2D eigenvalue weighted by atomic mass is 32.2. The van der Waals surface area contributed by atoms with Crippen molar-refractivity contribution in [2.75, 3.05) is 7.11 Å². The summed E-state index contributed by atoms with van der Waals surface area (Å²) in [4.78, 5) is 0. The Morgan fingerprint density at radius 3 is 2.13 bits per heavy atom. The molecule has 30 heavy (non-hydrogen) atoms. The second-order valence-corrected chi connectivity index (χ2v) is 11.4. The van der Waals surface area contributed by atoms with Crippen LogP contribution in [0.4, 0.5) is 0 Å². The van der Waals surface area contributed by atoms with E-state index in [-0.39, 0.29) is 24.2 Å². The third-order valence-electron chi connectivity index (χ3n) is 7.19. The maximum Gasteiger partial charge on any atom is 0.267 e. The van der Waals surface area contributed by atoms with Gasteiger partial charge < -0.3 is 4.74 Å². The largest absolute Gasteiger partial charge is 0.379 e. The van der Waals surface area contributed by atoms with Gasteiger partial charge in [-0.3, -0.25) is 4.55 Å². The van der Waals surface area contributed by atoms with Gasteiger partial charge in [-0.25, -0.2) is 0 Å². The summed E-state index contributed by atoms with van der Waals surface area (Å²) in [5.41, 5.74) is 0. The van der Waals surface area contributed by atoms with Gasteiger partial charge in [0.05, 0.1) is 35.5 Å². The Bertz CT molecular complexity index is 714. The van der Waals surface area contributed by atoms with Crippen molar-refractivity contribution in [3.63, 3.8) is 0 Å². The van der Waals surface area contributed by atoms with E-state index >= 15 is 0 Å². The number of nitrogens with zero attached hydrogens (tertiary/aromatic N) is 4. The molecule has 0 heterocycles. The Morgan fingerprint density at radius 1 is 0.800 bits per heavy atom. The summed E-state index contributed by atoms with van der Waals surface area (Å²) in [6, 6.07) is 0.353. The number of hydrogen-bond acceptors (Lipinski definition) is 7. The molecule has 0 aromatic rings. The predicted molar refractivity (Wildman–Crippen MR) is 115 cm³/mol. The van der Waals surface area contributed by atoms with E-state index in [0.717, 1.165) is 44.4 Å². The number of hydrogen-bond donors (Lipinski definition) is 1. The van der Waals surface area contributed by atoms with E-state index in [4.69, 9.17) is 9.85 Å². The maximum absolute atomic E-state index is 11.4. The molecule has 8 nitrogen and oxygen atoms in total. The summed E-state index contributed by atoms with van der Waals surface area (Å²) >= 11 is 0. The van der Waals surface area contributed by atoms with Crippen LogP contribution in [0.5, 0.6) is 0 Å². The molecule has 0 aliphatic heterocycles. The molecule has 3 rings (SSSR count). The molecule has 0 bridgehead atoms. The second kappa shape index (κ2) is 10.6. The monoisotopic (exact) mass is 442 g/mol. The smallest absolute Gasteiger partial charge is 0.267 e. The van der Waals surface area contributed by atoms with Gasteiger partial charge in [-0.2, -0.15) is 28.9 Å². The van der Waals surface area contributed by atoms with E-state index < -0.39 is 15.4 Å². The molecule has 0 radical (unpaired) electrons. The Kier molecular flexibility index (Phi) is 8.38. The number of rotatable bonds is 6. The first kappa shape index (κ1) is 23.7. The lowest BCUT2D eigenvalue weighted by Crippen LogP contribution is -2.36. The molecule has 0 amide bonds. The van der Waals surface area contributed by atoms with E-state index in [1.54, 1.807) is 7.11 Å². The van der Waals surface area contributed by atoms with E-state index in [1.165, 1.54) is 12.8 Å². The topological polar surface area (TPSA) is 113 Å². The highest BCUT2D eigenvalue weighted by Crippen LogP contribution is 2.33. The third kappa shape index (κ3) is 6.53. The molecule has 9 heteroatoms. The standard InChI is InChI=1S/C21H38N4O4S/c1-14-7-9-19(15(2)11-14)24-25-20-10-8-17(13-21(20)29-3)23-22-16-5-4-6-18(12-16)30(26,27)28/h14-21H,4-13H2,1-3H3,(H,26,27,28). The lowest BCUT2D eigenvalue weighted by atomic mass is 9.80. The minimum atomic E-state index is -3.99. The van der Waals surface area contributed by atoms with Crippen LogP contribution in [0, 0.1) is 11.8 Å². The molecule has 3 fully saturated rings. The van der Waals surface area contributed by atoms with Crippen LogP contribution in [0.3, 0.4) is 0 Å². The minimum absolute atomic E-state index is 0.0128. The van der Waals surface area contributed by atoms with Crippen molar-refractivity contribution < 1.29 is 17.7 Å². The van der Waals surface area contributed by atoms with Crippen molar-refractivity contribution in [2.45, 2.75) is 114 Å². The van der Waals surface area contributed by atoms with Crippen molar-refractivity contribution in [1.82, 2.24) is 0 Å². The van der Waals surface area contributed by atoms with E-state index in [1.807, 2.05) is 0 Å². The molecule has 8 unspecified atom stereocenters. The van der Waals surface area contributed by atoms with Gasteiger partial charge in [-0.05, 0) is 76.0 Å². The maximum atomic E-state index is 11.4. The average molecular weight is 443 g/mol. The first-order chi connectivity index (χ1) is 14.3. The zero-order chi connectivity index (χ0) is 21.7. The Hall–Kier alpha value is -0.930. The molecule has 0 aromatic heterocycles. The van der Waals surface area contributed by atoms with Crippen molar-refractivity contribution >= 4 is 10.1 Å². The van der Waals surface area contributed by atoms with Gasteiger partial charge in [-0.1, -0.05) is 13.8 Å². The second-order valence-electron chi connectivity index (χ2n) is 9.69. The van der Waals surface area contributed by atoms with Crippen molar-refractivity contribution in [3.8, 4) is 0 Å². The highest BCUT2D eigenvalue weighted by molar-refractivity contribution is 7.86. The van der Waals surface area contributed by atoms with Gasteiger partial charge in [0, 0.05) is 7.11 Å². The van der Waals surface area contributed by atoms with Crippen LogP contribution in [0.15, 0.2) is 20.5 Å². The quantitative estimate of drug-likeness (QED) is 0.468. The van der Waals surface area contributed by atoms with Crippen LogP contribution < -0.4 is 0 Å². The summed E-state index contributed by atoms with van der Waals surface area (Å²) in [5.74, 6) is 1.38. The highest BCUT2D eigenvalue weighted by Gasteiger charge is 2.33. The van der Waals surface area contributed by atoms with E-state index in [0.29, 0.717) is 24.8 Å². The lowest BCUT2D eigenvalue weighted by molar-refractivity contribution is 0.0449. The Morgan fingerprint density at radius 2 is 1.47 bits per heavy atom. The normalized spacial score (nSPS) is 41.5. The molecule has 0 aromatic carbocycles. The fourth-order valence-corrected chi connectivity index (χ4v) is 6.19. The summed E-state index contributed by atoms with van der Waals surface area (Å²) in [5, 5.41) is 17.7. The number of azo groups is 2. The fourth-order valence-electron chi connectivity index (χ4n) is 5.26. The molecule has 0 spiro atoms.